The van der Waals surface area contributed by atoms with Crippen LogP contribution >= 0.6 is 0 Å². The maximum Gasteiger partial charge on any atom is 0.229 e. The van der Waals surface area contributed by atoms with Crippen LogP contribution in [0, 0.1) is 0 Å². The lowest BCUT2D eigenvalue weighted by atomic mass is 10.00. The van der Waals surface area contributed by atoms with Crippen molar-refractivity contribution < 1.29 is 39.1 Å². The van der Waals surface area contributed by atoms with Gasteiger partial charge in [-0.15, -0.1) is 0 Å². The Morgan fingerprint density at radius 3 is 2.32 bits per heavy atom. The van der Waals surface area contributed by atoms with Gasteiger partial charge in [0, 0.05) is 23.8 Å². The quantitative estimate of drug-likeness (QED) is 0.483. The van der Waals surface area contributed by atoms with Crippen LogP contribution < -0.4 is 14.9 Å². The van der Waals surface area contributed by atoms with Crippen molar-refractivity contribution in [2.45, 2.75) is 37.6 Å². The third kappa shape index (κ3) is 3.96. The largest absolute Gasteiger partial charge is 0.507 e. The van der Waals surface area contributed by atoms with Gasteiger partial charge >= 0.3 is 0 Å². The molecule has 164 valence electrons. The molecule has 31 heavy (non-hydrogen) atoms. The first-order chi connectivity index (χ1) is 14.8. The van der Waals surface area contributed by atoms with Crippen molar-refractivity contribution in [3.05, 3.63) is 52.7 Å². The highest BCUT2D eigenvalue weighted by Gasteiger charge is 2.43. The van der Waals surface area contributed by atoms with Crippen LogP contribution in [0.3, 0.4) is 0 Å². The van der Waals surface area contributed by atoms with Gasteiger partial charge in [-0.3, -0.25) is 4.79 Å². The van der Waals surface area contributed by atoms with Gasteiger partial charge in [-0.05, 0) is 31.2 Å². The molecule has 4 rings (SSSR count). The Hall–Kier alpha value is -3.11. The summed E-state index contributed by atoms with van der Waals surface area (Å²) in [4.78, 5) is 12.6. The molecule has 0 aliphatic carbocycles. The molecular formula is C22H22O9. The van der Waals surface area contributed by atoms with Crippen LogP contribution in [-0.4, -0.2) is 58.2 Å². The van der Waals surface area contributed by atoms with E-state index in [1.54, 1.807) is 31.4 Å². The lowest BCUT2D eigenvalue weighted by Gasteiger charge is -2.38. The first kappa shape index (κ1) is 21.1. The Kier molecular flexibility index (Phi) is 5.59. The number of rotatable bonds is 4. The molecule has 1 aliphatic heterocycles. The molecule has 0 saturated carbocycles. The molecular weight excluding hydrogens is 408 g/mol. The average molecular weight is 430 g/mol. The average Bonchev–Trinajstić information content (AvgIpc) is 2.75. The predicted molar refractivity (Wildman–Crippen MR) is 109 cm³/mol. The molecule has 3 aromatic rings. The van der Waals surface area contributed by atoms with Gasteiger partial charge in [0.15, 0.2) is 5.43 Å². The number of benzene rings is 2. The minimum atomic E-state index is -1.53. The first-order valence-corrected chi connectivity index (χ1v) is 9.60. The van der Waals surface area contributed by atoms with Crippen LogP contribution in [0.4, 0.5) is 0 Å². The number of phenols is 1. The van der Waals surface area contributed by atoms with E-state index >= 15 is 0 Å². The summed E-state index contributed by atoms with van der Waals surface area (Å²) in [5, 5.41) is 40.2. The van der Waals surface area contributed by atoms with Crippen molar-refractivity contribution in [2.75, 3.05) is 7.11 Å². The van der Waals surface area contributed by atoms with Crippen molar-refractivity contribution >= 4 is 11.0 Å². The molecule has 1 saturated heterocycles. The van der Waals surface area contributed by atoms with Crippen LogP contribution in [0.1, 0.15) is 6.92 Å². The predicted octanol–water partition coefficient (Wildman–Crippen LogP) is 1.38. The zero-order valence-corrected chi connectivity index (χ0v) is 16.8. The van der Waals surface area contributed by atoms with E-state index in [1.165, 1.54) is 25.1 Å². The molecule has 2 heterocycles. The van der Waals surface area contributed by atoms with Gasteiger partial charge in [-0.25, -0.2) is 0 Å². The maximum absolute atomic E-state index is 12.6. The molecule has 5 atom stereocenters. The molecule has 0 spiro atoms. The summed E-state index contributed by atoms with van der Waals surface area (Å²) in [7, 11) is 1.54. The van der Waals surface area contributed by atoms with Gasteiger partial charge in [-0.1, -0.05) is 0 Å². The molecule has 9 nitrogen and oxygen atoms in total. The van der Waals surface area contributed by atoms with E-state index in [2.05, 4.69) is 0 Å². The maximum atomic E-state index is 12.6. The molecule has 1 fully saturated rings. The number of aliphatic hydroxyl groups excluding tert-OH is 3. The van der Waals surface area contributed by atoms with Crippen molar-refractivity contribution in [3.63, 3.8) is 0 Å². The standard InChI is InChI=1S/C22H22O9/c1-10-19(25)20(26)21(27)22(29-10)30-13-7-14(23)18-15(24)9-16(31-17(18)8-13)11-3-5-12(28-2)6-4-11/h3-10,19-23,25-27H,1-2H3/t10-,19+,20-,21-,22-/m1/s1. The number of methoxy groups -OCH3 is 1. The second-order valence-corrected chi connectivity index (χ2v) is 7.32. The van der Waals surface area contributed by atoms with Crippen LogP contribution in [0.5, 0.6) is 17.2 Å². The Morgan fingerprint density at radius 1 is 0.935 bits per heavy atom. The first-order valence-electron chi connectivity index (χ1n) is 9.60. The molecule has 1 aromatic heterocycles. The minimum Gasteiger partial charge on any atom is -0.507 e. The van der Waals surface area contributed by atoms with E-state index in [0.717, 1.165) is 0 Å². The number of aliphatic hydroxyl groups is 3. The number of hydrogen-bond acceptors (Lipinski definition) is 9. The lowest BCUT2D eigenvalue weighted by Crippen LogP contribution is -2.58. The van der Waals surface area contributed by atoms with Crippen molar-refractivity contribution in [1.29, 1.82) is 0 Å². The third-order valence-electron chi connectivity index (χ3n) is 5.22. The third-order valence-corrected chi connectivity index (χ3v) is 5.22. The molecule has 0 amide bonds. The molecule has 0 bridgehead atoms. The smallest absolute Gasteiger partial charge is 0.229 e. The molecule has 9 heteroatoms. The zero-order chi connectivity index (χ0) is 22.3. The van der Waals surface area contributed by atoms with Crippen LogP contribution in [0.2, 0.25) is 0 Å². The van der Waals surface area contributed by atoms with Crippen molar-refractivity contribution in [3.8, 4) is 28.6 Å². The highest BCUT2D eigenvalue weighted by Crippen LogP contribution is 2.33. The molecule has 1 aliphatic rings. The van der Waals surface area contributed by atoms with Gasteiger partial charge in [0.2, 0.25) is 6.29 Å². The summed E-state index contributed by atoms with van der Waals surface area (Å²) in [6.07, 6.45) is -6.37. The van der Waals surface area contributed by atoms with Gasteiger partial charge in [0.1, 0.15) is 52.3 Å². The van der Waals surface area contributed by atoms with E-state index in [4.69, 9.17) is 18.6 Å². The number of fused-ring (bicyclic) bond motifs is 1. The van der Waals surface area contributed by atoms with E-state index in [-0.39, 0.29) is 28.2 Å². The fourth-order valence-corrected chi connectivity index (χ4v) is 3.45. The Morgan fingerprint density at radius 2 is 1.65 bits per heavy atom. The topological polar surface area (TPSA) is 139 Å². The normalized spacial score (nSPS) is 26.0. The van der Waals surface area contributed by atoms with E-state index in [0.29, 0.717) is 11.3 Å². The second-order valence-electron chi connectivity index (χ2n) is 7.32. The zero-order valence-electron chi connectivity index (χ0n) is 16.8. The summed E-state index contributed by atoms with van der Waals surface area (Å²) < 4.78 is 21.9. The summed E-state index contributed by atoms with van der Waals surface area (Å²) in [6, 6.07) is 10.7. The number of phenolic OH excluding ortho intramolecular Hbond substituents is 1. The second kappa shape index (κ2) is 8.20. The fraction of sp³-hybridized carbons (Fsp3) is 0.318. The Bertz CT molecular complexity index is 1140. The van der Waals surface area contributed by atoms with Gasteiger partial charge in [0.25, 0.3) is 0 Å². The summed E-state index contributed by atoms with van der Waals surface area (Å²) in [5.74, 6) is 0.590. The molecule has 0 radical (unpaired) electrons. The number of ether oxygens (including phenoxy) is 3. The fourth-order valence-electron chi connectivity index (χ4n) is 3.45. The SMILES string of the molecule is COc1ccc(-c2cc(=O)c3c(O)cc(O[C@H]4O[C@H](C)[C@H](O)[C@@H](O)[C@H]4O)cc3o2)cc1. The molecule has 0 unspecified atom stereocenters. The highest BCUT2D eigenvalue weighted by molar-refractivity contribution is 5.86. The summed E-state index contributed by atoms with van der Waals surface area (Å²) in [6.45, 7) is 1.52. The van der Waals surface area contributed by atoms with Gasteiger partial charge < -0.3 is 39.1 Å². The number of aromatic hydroxyl groups is 1. The van der Waals surface area contributed by atoms with Crippen molar-refractivity contribution in [2.24, 2.45) is 0 Å². The summed E-state index contributed by atoms with van der Waals surface area (Å²) >= 11 is 0. The highest BCUT2D eigenvalue weighted by atomic mass is 16.7. The molecule has 4 N–H and O–H groups in total. The minimum absolute atomic E-state index is 0.0291. The van der Waals surface area contributed by atoms with Crippen molar-refractivity contribution in [1.82, 2.24) is 0 Å². The van der Waals surface area contributed by atoms with E-state index in [9.17, 15) is 25.2 Å². The number of hydrogen-bond donors (Lipinski definition) is 4. The van der Waals surface area contributed by atoms with E-state index < -0.39 is 36.1 Å². The monoisotopic (exact) mass is 430 g/mol. The Labute approximate surface area is 176 Å². The molecule has 2 aromatic carbocycles. The Balaban J connectivity index is 1.70. The van der Waals surface area contributed by atoms with Gasteiger partial charge in [-0.2, -0.15) is 0 Å². The van der Waals surface area contributed by atoms with E-state index in [1.807, 2.05) is 0 Å². The van der Waals surface area contributed by atoms with Crippen LogP contribution in [-0.2, 0) is 4.74 Å². The van der Waals surface area contributed by atoms with Crippen LogP contribution in [0.25, 0.3) is 22.3 Å². The van der Waals surface area contributed by atoms with Crippen LogP contribution in [0.15, 0.2) is 51.7 Å². The lowest BCUT2D eigenvalue weighted by molar-refractivity contribution is -0.268. The summed E-state index contributed by atoms with van der Waals surface area (Å²) in [5.41, 5.74) is 0.243. The van der Waals surface area contributed by atoms with Gasteiger partial charge in [0.05, 0.1) is 13.2 Å².